The fourth-order valence-electron chi connectivity index (χ4n) is 2.08. The lowest BCUT2D eigenvalue weighted by atomic mass is 10.2. The van der Waals surface area contributed by atoms with Crippen molar-refractivity contribution in [3.8, 4) is 0 Å². The van der Waals surface area contributed by atoms with Gasteiger partial charge in [0.15, 0.2) is 5.82 Å². The molecule has 0 bridgehead atoms. The molecule has 0 fully saturated rings. The zero-order chi connectivity index (χ0) is 15.7. The fraction of sp³-hybridized carbons (Fsp3) is 0.200. The van der Waals surface area contributed by atoms with E-state index in [-0.39, 0.29) is 5.91 Å². The molecule has 3 aromatic rings. The van der Waals surface area contributed by atoms with Gasteiger partial charge >= 0.3 is 0 Å². The van der Waals surface area contributed by atoms with E-state index < -0.39 is 0 Å². The maximum atomic E-state index is 12.4. The second-order valence-electron chi connectivity index (χ2n) is 4.83. The summed E-state index contributed by atoms with van der Waals surface area (Å²) in [4.78, 5) is 21.0. The summed E-state index contributed by atoms with van der Waals surface area (Å²) in [5.74, 6) is 0.927. The van der Waals surface area contributed by atoms with Crippen molar-refractivity contribution in [2.45, 2.75) is 20.3 Å². The second-order valence-corrected chi connectivity index (χ2v) is 5.27. The number of hydrogen-bond donors (Lipinski definition) is 1. The SMILES string of the molecule is CCc1nc2nc(C)c(C(=O)Nc3cccc(Cl)c3)cn2n1. The van der Waals surface area contributed by atoms with Crippen LogP contribution in [0.4, 0.5) is 5.69 Å². The van der Waals surface area contributed by atoms with Crippen LogP contribution in [0, 0.1) is 6.92 Å². The van der Waals surface area contributed by atoms with E-state index >= 15 is 0 Å². The van der Waals surface area contributed by atoms with Crippen LogP contribution < -0.4 is 5.32 Å². The molecule has 112 valence electrons. The van der Waals surface area contributed by atoms with E-state index in [0.29, 0.717) is 40.0 Å². The molecule has 0 radical (unpaired) electrons. The van der Waals surface area contributed by atoms with E-state index in [2.05, 4.69) is 20.4 Å². The van der Waals surface area contributed by atoms with E-state index in [1.165, 1.54) is 4.52 Å². The third-order valence-corrected chi connectivity index (χ3v) is 3.44. The zero-order valence-corrected chi connectivity index (χ0v) is 12.9. The third kappa shape index (κ3) is 2.78. The molecule has 0 aliphatic heterocycles. The van der Waals surface area contributed by atoms with Gasteiger partial charge in [0.1, 0.15) is 0 Å². The van der Waals surface area contributed by atoms with Crippen LogP contribution in [0.3, 0.4) is 0 Å². The average molecular weight is 316 g/mol. The minimum Gasteiger partial charge on any atom is -0.322 e. The van der Waals surface area contributed by atoms with Crippen LogP contribution in [0.1, 0.15) is 28.8 Å². The number of carbonyl (C=O) groups excluding carboxylic acids is 1. The molecule has 2 heterocycles. The van der Waals surface area contributed by atoms with Gasteiger partial charge in [-0.15, -0.1) is 5.10 Å². The standard InChI is InChI=1S/C15H14ClN5O/c1-3-13-19-15-17-9(2)12(8-21(15)20-13)14(22)18-11-6-4-5-10(16)7-11/h4-8H,3H2,1-2H3,(H,18,22). The summed E-state index contributed by atoms with van der Waals surface area (Å²) >= 11 is 5.92. The van der Waals surface area contributed by atoms with Gasteiger partial charge in [-0.25, -0.2) is 9.50 Å². The van der Waals surface area contributed by atoms with Crippen LogP contribution in [0.2, 0.25) is 5.02 Å². The Morgan fingerprint density at radius 1 is 1.36 bits per heavy atom. The number of carbonyl (C=O) groups is 1. The minimum atomic E-state index is -0.261. The molecule has 1 aromatic carbocycles. The van der Waals surface area contributed by atoms with E-state index in [1.807, 2.05) is 6.92 Å². The van der Waals surface area contributed by atoms with Gasteiger partial charge in [-0.3, -0.25) is 4.79 Å². The zero-order valence-electron chi connectivity index (χ0n) is 12.2. The number of rotatable bonds is 3. The van der Waals surface area contributed by atoms with Crippen LogP contribution in [0.15, 0.2) is 30.5 Å². The lowest BCUT2D eigenvalue weighted by molar-refractivity contribution is 0.102. The van der Waals surface area contributed by atoms with Gasteiger partial charge in [0, 0.05) is 23.3 Å². The van der Waals surface area contributed by atoms with Gasteiger partial charge < -0.3 is 5.32 Å². The topological polar surface area (TPSA) is 72.2 Å². The van der Waals surface area contributed by atoms with Gasteiger partial charge in [-0.2, -0.15) is 4.98 Å². The summed E-state index contributed by atoms with van der Waals surface area (Å²) in [5.41, 5.74) is 1.67. The Kier molecular flexibility index (Phi) is 3.77. The molecule has 7 heteroatoms. The molecule has 0 atom stereocenters. The Bertz CT molecular complexity index is 858. The molecule has 0 saturated carbocycles. The van der Waals surface area contributed by atoms with Crippen molar-refractivity contribution in [3.05, 3.63) is 52.6 Å². The number of hydrogen-bond acceptors (Lipinski definition) is 4. The summed E-state index contributed by atoms with van der Waals surface area (Å²) in [7, 11) is 0. The highest BCUT2D eigenvalue weighted by atomic mass is 35.5. The molecule has 1 N–H and O–H groups in total. The summed E-state index contributed by atoms with van der Waals surface area (Å²) in [6, 6.07) is 6.98. The van der Waals surface area contributed by atoms with Crippen LogP contribution in [0.5, 0.6) is 0 Å². The van der Waals surface area contributed by atoms with E-state index in [9.17, 15) is 4.79 Å². The van der Waals surface area contributed by atoms with Gasteiger partial charge in [0.25, 0.3) is 11.7 Å². The van der Waals surface area contributed by atoms with Crippen molar-refractivity contribution in [1.29, 1.82) is 0 Å². The first-order chi connectivity index (χ1) is 10.6. The monoisotopic (exact) mass is 315 g/mol. The molecular weight excluding hydrogens is 302 g/mol. The van der Waals surface area contributed by atoms with Crippen molar-refractivity contribution in [3.63, 3.8) is 0 Å². The van der Waals surface area contributed by atoms with E-state index in [0.717, 1.165) is 0 Å². The highest BCUT2D eigenvalue weighted by Crippen LogP contribution is 2.16. The van der Waals surface area contributed by atoms with Crippen molar-refractivity contribution in [2.75, 3.05) is 5.32 Å². The molecule has 0 spiro atoms. The van der Waals surface area contributed by atoms with Gasteiger partial charge in [0.05, 0.1) is 11.3 Å². The number of aryl methyl sites for hydroxylation is 2. The molecule has 22 heavy (non-hydrogen) atoms. The first-order valence-corrected chi connectivity index (χ1v) is 7.24. The summed E-state index contributed by atoms with van der Waals surface area (Å²) in [5, 5.41) is 7.64. The minimum absolute atomic E-state index is 0.261. The van der Waals surface area contributed by atoms with Crippen LogP contribution >= 0.6 is 11.6 Å². The maximum absolute atomic E-state index is 12.4. The van der Waals surface area contributed by atoms with Gasteiger partial charge in [0.2, 0.25) is 0 Å². The van der Waals surface area contributed by atoms with Crippen LogP contribution in [-0.2, 0) is 6.42 Å². The lowest BCUT2D eigenvalue weighted by Gasteiger charge is -2.07. The quantitative estimate of drug-likeness (QED) is 0.806. The number of fused-ring (bicyclic) bond motifs is 1. The number of benzene rings is 1. The predicted molar refractivity (Wildman–Crippen MR) is 84.3 cm³/mol. The number of aromatic nitrogens is 4. The first-order valence-electron chi connectivity index (χ1n) is 6.86. The Morgan fingerprint density at radius 2 is 2.18 bits per heavy atom. The number of nitrogens with zero attached hydrogens (tertiary/aromatic N) is 4. The third-order valence-electron chi connectivity index (χ3n) is 3.21. The molecule has 0 saturated heterocycles. The van der Waals surface area contributed by atoms with Crippen LogP contribution in [0.25, 0.3) is 5.78 Å². The molecule has 3 rings (SSSR count). The molecule has 0 aliphatic carbocycles. The van der Waals surface area contributed by atoms with Crippen molar-refractivity contribution in [1.82, 2.24) is 19.6 Å². The van der Waals surface area contributed by atoms with Gasteiger partial charge in [-0.1, -0.05) is 24.6 Å². The molecular formula is C15H14ClN5O. The molecule has 0 unspecified atom stereocenters. The predicted octanol–water partition coefficient (Wildman–Crippen LogP) is 2.90. The summed E-state index contributed by atoms with van der Waals surface area (Å²) in [6.07, 6.45) is 2.36. The largest absolute Gasteiger partial charge is 0.322 e. The lowest BCUT2D eigenvalue weighted by Crippen LogP contribution is -2.15. The van der Waals surface area contributed by atoms with Crippen molar-refractivity contribution in [2.24, 2.45) is 0 Å². The Balaban J connectivity index is 1.94. The summed E-state index contributed by atoms with van der Waals surface area (Å²) < 4.78 is 1.53. The Labute approximate surface area is 132 Å². The van der Waals surface area contributed by atoms with Gasteiger partial charge in [-0.05, 0) is 25.1 Å². The van der Waals surface area contributed by atoms with E-state index in [1.54, 1.807) is 37.4 Å². The Morgan fingerprint density at radius 3 is 2.91 bits per heavy atom. The molecule has 1 amide bonds. The number of anilines is 1. The smallest absolute Gasteiger partial charge is 0.259 e. The molecule has 0 aliphatic rings. The second kappa shape index (κ2) is 5.73. The Hall–Kier alpha value is -2.47. The van der Waals surface area contributed by atoms with Crippen LogP contribution in [-0.4, -0.2) is 25.5 Å². The number of nitrogens with one attached hydrogen (secondary N) is 1. The van der Waals surface area contributed by atoms with E-state index in [4.69, 9.17) is 11.6 Å². The van der Waals surface area contributed by atoms with Crippen molar-refractivity contribution < 1.29 is 4.79 Å². The number of halogens is 1. The normalized spacial score (nSPS) is 10.9. The number of amides is 1. The summed E-state index contributed by atoms with van der Waals surface area (Å²) in [6.45, 7) is 3.74. The average Bonchev–Trinajstić information content (AvgIpc) is 2.88. The fourth-order valence-corrected chi connectivity index (χ4v) is 2.27. The maximum Gasteiger partial charge on any atom is 0.259 e. The first kappa shape index (κ1) is 14.5. The molecule has 6 nitrogen and oxygen atoms in total. The highest BCUT2D eigenvalue weighted by Gasteiger charge is 2.14. The highest BCUT2D eigenvalue weighted by molar-refractivity contribution is 6.30. The molecule has 2 aromatic heterocycles. The van der Waals surface area contributed by atoms with Crippen molar-refractivity contribution >= 4 is 29.0 Å².